The van der Waals surface area contributed by atoms with E-state index < -0.39 is 0 Å². The van der Waals surface area contributed by atoms with Crippen LogP contribution in [0.4, 0.5) is 0 Å². The summed E-state index contributed by atoms with van der Waals surface area (Å²) in [5, 5.41) is 0. The first kappa shape index (κ1) is 21.8. The van der Waals surface area contributed by atoms with Crippen molar-refractivity contribution in [3.05, 3.63) is 35.9 Å². The van der Waals surface area contributed by atoms with Crippen LogP contribution in [-0.2, 0) is 20.7 Å². The Balaban J connectivity index is 1.34. The van der Waals surface area contributed by atoms with Gasteiger partial charge >= 0.3 is 0 Å². The average molecular weight is 415 g/mol. The highest BCUT2D eigenvalue weighted by molar-refractivity contribution is 5.76. The quantitative estimate of drug-likeness (QED) is 0.682. The third-order valence-electron chi connectivity index (χ3n) is 7.33. The van der Waals surface area contributed by atoms with Crippen LogP contribution in [0.1, 0.15) is 51.0 Å². The molecular weight excluding hydrogens is 376 g/mol. The summed E-state index contributed by atoms with van der Waals surface area (Å²) in [7, 11) is 1.95. The van der Waals surface area contributed by atoms with Crippen LogP contribution in [0.25, 0.3) is 0 Å². The number of hydrogen-bond acceptors (Lipinski definition) is 4. The van der Waals surface area contributed by atoms with Gasteiger partial charge in [-0.2, -0.15) is 0 Å². The highest BCUT2D eigenvalue weighted by Crippen LogP contribution is 2.45. The molecule has 2 saturated heterocycles. The van der Waals surface area contributed by atoms with Crippen molar-refractivity contribution in [3.63, 3.8) is 0 Å². The standard InChI is InChI=1S/C25H38N2O3/c1-3-12-27-19-21(16-22-18-25(11-9-23(22)27)29-14-15-30-25)17-24(28)26(2)13-10-20-7-5-4-6-8-20/h4-8,21-23H,3,9-19H2,1-2H3/t21-,22-,23-/m1/s1. The van der Waals surface area contributed by atoms with Gasteiger partial charge in [0, 0.05) is 45.4 Å². The molecule has 0 unspecified atom stereocenters. The lowest BCUT2D eigenvalue weighted by Gasteiger charge is -2.51. The Morgan fingerprint density at radius 1 is 1.23 bits per heavy atom. The number of likely N-dealkylation sites (N-methyl/N-ethyl adjacent to an activating group) is 1. The predicted octanol–water partition coefficient (Wildman–Crippen LogP) is 3.72. The zero-order valence-corrected chi connectivity index (χ0v) is 18.7. The van der Waals surface area contributed by atoms with E-state index in [9.17, 15) is 4.79 Å². The van der Waals surface area contributed by atoms with E-state index in [1.54, 1.807) is 0 Å². The Bertz CT molecular complexity index is 689. The van der Waals surface area contributed by atoms with Crippen LogP contribution < -0.4 is 0 Å². The molecular formula is C25H38N2O3. The van der Waals surface area contributed by atoms with E-state index in [0.29, 0.717) is 24.3 Å². The minimum absolute atomic E-state index is 0.282. The fraction of sp³-hybridized carbons (Fsp3) is 0.720. The summed E-state index contributed by atoms with van der Waals surface area (Å²) in [5.41, 5.74) is 1.29. The van der Waals surface area contributed by atoms with Gasteiger partial charge in [-0.1, -0.05) is 37.3 Å². The molecule has 3 atom stereocenters. The molecule has 0 N–H and O–H groups in total. The topological polar surface area (TPSA) is 42.0 Å². The normalized spacial score (nSPS) is 28.4. The Morgan fingerprint density at radius 2 is 2.00 bits per heavy atom. The van der Waals surface area contributed by atoms with E-state index in [4.69, 9.17) is 9.47 Å². The molecule has 3 aliphatic rings. The summed E-state index contributed by atoms with van der Waals surface area (Å²) in [4.78, 5) is 17.6. The number of nitrogens with zero attached hydrogens (tertiary/aromatic N) is 2. The maximum Gasteiger partial charge on any atom is 0.222 e. The number of fused-ring (bicyclic) bond motifs is 1. The molecule has 4 rings (SSSR count). The largest absolute Gasteiger partial charge is 0.348 e. The second kappa shape index (κ2) is 9.80. The van der Waals surface area contributed by atoms with Crippen LogP contribution in [0.15, 0.2) is 30.3 Å². The number of likely N-dealkylation sites (tertiary alicyclic amines) is 1. The Kier molecular flexibility index (Phi) is 7.12. The van der Waals surface area contributed by atoms with E-state index in [1.807, 2.05) is 18.0 Å². The van der Waals surface area contributed by atoms with Crippen LogP contribution in [0.3, 0.4) is 0 Å². The van der Waals surface area contributed by atoms with Gasteiger partial charge in [0.05, 0.1) is 13.2 Å². The number of ether oxygens (including phenoxy) is 2. The fourth-order valence-corrected chi connectivity index (χ4v) is 5.85. The number of carbonyl (C=O) groups is 1. The smallest absolute Gasteiger partial charge is 0.222 e. The minimum atomic E-state index is -0.336. The van der Waals surface area contributed by atoms with Crippen molar-refractivity contribution < 1.29 is 14.3 Å². The molecule has 30 heavy (non-hydrogen) atoms. The first-order valence-electron chi connectivity index (χ1n) is 11.9. The zero-order valence-electron chi connectivity index (χ0n) is 18.7. The summed E-state index contributed by atoms with van der Waals surface area (Å²) < 4.78 is 12.1. The molecule has 5 heteroatoms. The fourth-order valence-electron chi connectivity index (χ4n) is 5.85. The van der Waals surface area contributed by atoms with Crippen LogP contribution in [0.5, 0.6) is 0 Å². The van der Waals surface area contributed by atoms with Crippen molar-refractivity contribution in [2.45, 2.75) is 63.7 Å². The first-order valence-corrected chi connectivity index (χ1v) is 11.9. The lowest BCUT2D eigenvalue weighted by Crippen LogP contribution is -2.55. The Labute approximate surface area is 181 Å². The van der Waals surface area contributed by atoms with Gasteiger partial charge in [-0.3, -0.25) is 9.69 Å². The zero-order chi connectivity index (χ0) is 21.0. The summed E-state index contributed by atoms with van der Waals surface area (Å²) in [5.74, 6) is 0.951. The van der Waals surface area contributed by atoms with E-state index in [-0.39, 0.29) is 11.7 Å². The molecule has 2 heterocycles. The summed E-state index contributed by atoms with van der Waals surface area (Å²) in [6.45, 7) is 6.68. The molecule has 1 aromatic rings. The van der Waals surface area contributed by atoms with Crippen LogP contribution in [-0.4, -0.2) is 67.4 Å². The van der Waals surface area contributed by atoms with Gasteiger partial charge in [0.2, 0.25) is 5.91 Å². The second-order valence-corrected chi connectivity index (χ2v) is 9.53. The maximum absolute atomic E-state index is 13.0. The Morgan fingerprint density at radius 3 is 2.73 bits per heavy atom. The molecule has 3 fully saturated rings. The molecule has 0 bridgehead atoms. The van der Waals surface area contributed by atoms with E-state index >= 15 is 0 Å². The molecule has 2 aliphatic heterocycles. The van der Waals surface area contributed by atoms with Crippen LogP contribution in [0.2, 0.25) is 0 Å². The van der Waals surface area contributed by atoms with Gasteiger partial charge in [0.15, 0.2) is 5.79 Å². The molecule has 5 nitrogen and oxygen atoms in total. The third-order valence-corrected chi connectivity index (χ3v) is 7.33. The van der Waals surface area contributed by atoms with Gasteiger partial charge < -0.3 is 14.4 Å². The van der Waals surface area contributed by atoms with Crippen molar-refractivity contribution in [1.82, 2.24) is 9.80 Å². The van der Waals surface area contributed by atoms with Crippen molar-refractivity contribution in [2.24, 2.45) is 11.8 Å². The first-order chi connectivity index (χ1) is 14.6. The summed E-state index contributed by atoms with van der Waals surface area (Å²) in [6, 6.07) is 11.1. The minimum Gasteiger partial charge on any atom is -0.348 e. The molecule has 0 aromatic heterocycles. The monoisotopic (exact) mass is 414 g/mol. The van der Waals surface area contributed by atoms with Crippen LogP contribution >= 0.6 is 0 Å². The molecule has 0 radical (unpaired) electrons. The lowest BCUT2D eigenvalue weighted by molar-refractivity contribution is -0.203. The number of hydrogen-bond donors (Lipinski definition) is 0. The highest BCUT2D eigenvalue weighted by atomic mass is 16.7. The second-order valence-electron chi connectivity index (χ2n) is 9.53. The maximum atomic E-state index is 13.0. The van der Waals surface area contributed by atoms with Crippen molar-refractivity contribution in [1.29, 1.82) is 0 Å². The van der Waals surface area contributed by atoms with E-state index in [2.05, 4.69) is 36.1 Å². The van der Waals surface area contributed by atoms with Gasteiger partial charge in [0.1, 0.15) is 0 Å². The molecule has 1 aliphatic carbocycles. The lowest BCUT2D eigenvalue weighted by atomic mass is 9.72. The van der Waals surface area contributed by atoms with E-state index in [1.165, 1.54) is 12.0 Å². The summed E-state index contributed by atoms with van der Waals surface area (Å²) in [6.07, 6.45) is 7.02. The van der Waals surface area contributed by atoms with Gasteiger partial charge in [0.25, 0.3) is 0 Å². The van der Waals surface area contributed by atoms with Crippen molar-refractivity contribution in [3.8, 4) is 0 Å². The summed E-state index contributed by atoms with van der Waals surface area (Å²) >= 11 is 0. The number of benzene rings is 1. The number of rotatable bonds is 7. The molecule has 1 aromatic carbocycles. The number of carbonyl (C=O) groups excluding carboxylic acids is 1. The van der Waals surface area contributed by atoms with Gasteiger partial charge in [-0.25, -0.2) is 0 Å². The number of piperidine rings is 1. The average Bonchev–Trinajstić information content (AvgIpc) is 3.20. The predicted molar refractivity (Wildman–Crippen MR) is 118 cm³/mol. The third kappa shape index (κ3) is 5.06. The van der Waals surface area contributed by atoms with Crippen LogP contribution in [0, 0.1) is 11.8 Å². The molecule has 166 valence electrons. The molecule has 1 amide bonds. The molecule has 1 spiro atoms. The molecule has 1 saturated carbocycles. The number of amides is 1. The van der Waals surface area contributed by atoms with Crippen molar-refractivity contribution >= 4 is 5.91 Å². The Hall–Kier alpha value is -1.43. The van der Waals surface area contributed by atoms with E-state index in [0.717, 1.165) is 65.0 Å². The van der Waals surface area contributed by atoms with Crippen molar-refractivity contribution in [2.75, 3.05) is 39.9 Å². The van der Waals surface area contributed by atoms with Gasteiger partial charge in [-0.15, -0.1) is 0 Å². The SMILES string of the molecule is CCCN1C[C@@H](CC(=O)N(C)CCc2ccccc2)C[C@@H]2CC3(CC[C@H]21)OCCO3. The van der Waals surface area contributed by atoms with Gasteiger partial charge in [-0.05, 0) is 49.6 Å². The highest BCUT2D eigenvalue weighted by Gasteiger charge is 2.48.